The second kappa shape index (κ2) is 3.41. The van der Waals surface area contributed by atoms with Crippen LogP contribution in [0.2, 0.25) is 0 Å². The van der Waals surface area contributed by atoms with E-state index >= 15 is 0 Å². The lowest BCUT2D eigenvalue weighted by Crippen LogP contribution is -2.38. The second-order valence-electron chi connectivity index (χ2n) is 5.36. The molecule has 0 spiro atoms. The minimum atomic E-state index is -1.01. The SMILES string of the molecule is CC(C)(C)C1CCC(O)(C=O)CC1. The lowest BCUT2D eigenvalue weighted by molar-refractivity contribution is -0.129. The largest absolute Gasteiger partial charge is 0.382 e. The summed E-state index contributed by atoms with van der Waals surface area (Å²) in [5.74, 6) is 0.646. The highest BCUT2D eigenvalue weighted by Gasteiger charge is 2.36. The molecule has 0 amide bonds. The summed E-state index contributed by atoms with van der Waals surface area (Å²) in [7, 11) is 0. The van der Waals surface area contributed by atoms with Gasteiger partial charge in [0.1, 0.15) is 5.60 Å². The van der Waals surface area contributed by atoms with Crippen molar-refractivity contribution in [3.05, 3.63) is 0 Å². The molecule has 2 heteroatoms. The van der Waals surface area contributed by atoms with Gasteiger partial charge in [0.15, 0.2) is 6.29 Å². The van der Waals surface area contributed by atoms with Crippen molar-refractivity contribution in [2.24, 2.45) is 11.3 Å². The van der Waals surface area contributed by atoms with Gasteiger partial charge >= 0.3 is 0 Å². The van der Waals surface area contributed by atoms with Crippen LogP contribution in [0.4, 0.5) is 0 Å². The van der Waals surface area contributed by atoms with Gasteiger partial charge in [0.2, 0.25) is 0 Å². The third kappa shape index (κ3) is 2.53. The molecule has 1 fully saturated rings. The number of carbonyl (C=O) groups is 1. The maximum Gasteiger partial charge on any atom is 0.151 e. The van der Waals surface area contributed by atoms with Gasteiger partial charge in [-0.1, -0.05) is 20.8 Å². The minimum absolute atomic E-state index is 0.310. The van der Waals surface area contributed by atoms with Crippen LogP contribution in [0.5, 0.6) is 0 Å². The molecule has 0 bridgehead atoms. The van der Waals surface area contributed by atoms with Crippen LogP contribution in [0.25, 0.3) is 0 Å². The van der Waals surface area contributed by atoms with Crippen molar-refractivity contribution in [2.45, 2.75) is 52.1 Å². The Morgan fingerprint density at radius 1 is 1.31 bits per heavy atom. The average Bonchev–Trinajstić information content (AvgIpc) is 2.04. The Morgan fingerprint density at radius 3 is 2.08 bits per heavy atom. The molecule has 2 nitrogen and oxygen atoms in total. The van der Waals surface area contributed by atoms with E-state index in [9.17, 15) is 9.90 Å². The molecule has 0 atom stereocenters. The van der Waals surface area contributed by atoms with E-state index in [1.54, 1.807) is 0 Å². The zero-order valence-corrected chi connectivity index (χ0v) is 8.84. The number of hydrogen-bond acceptors (Lipinski definition) is 2. The molecular formula is C11H20O2. The Labute approximate surface area is 80.3 Å². The third-order valence-corrected chi connectivity index (χ3v) is 3.30. The van der Waals surface area contributed by atoms with Crippen molar-refractivity contribution in [2.75, 3.05) is 0 Å². The number of carbonyl (C=O) groups excluding carboxylic acids is 1. The fourth-order valence-electron chi connectivity index (χ4n) is 2.10. The number of hydrogen-bond donors (Lipinski definition) is 1. The van der Waals surface area contributed by atoms with E-state index in [0.29, 0.717) is 30.5 Å². The lowest BCUT2D eigenvalue weighted by atomic mass is 9.69. The van der Waals surface area contributed by atoms with Gasteiger partial charge in [-0.3, -0.25) is 0 Å². The van der Waals surface area contributed by atoms with E-state index < -0.39 is 5.60 Å². The number of aliphatic hydroxyl groups is 1. The summed E-state index contributed by atoms with van der Waals surface area (Å²) in [4.78, 5) is 10.6. The van der Waals surface area contributed by atoms with Gasteiger partial charge in [0, 0.05) is 0 Å². The Morgan fingerprint density at radius 2 is 1.77 bits per heavy atom. The molecule has 0 saturated heterocycles. The van der Waals surface area contributed by atoms with Crippen LogP contribution in [0.1, 0.15) is 46.5 Å². The summed E-state index contributed by atoms with van der Waals surface area (Å²) < 4.78 is 0. The Kier molecular flexibility index (Phi) is 2.81. The summed E-state index contributed by atoms with van der Waals surface area (Å²) in [6.07, 6.45) is 3.93. The van der Waals surface area contributed by atoms with E-state index in [0.717, 1.165) is 12.8 Å². The summed E-state index contributed by atoms with van der Waals surface area (Å²) in [5, 5.41) is 9.70. The van der Waals surface area contributed by atoms with Crippen molar-refractivity contribution >= 4 is 6.29 Å². The Balaban J connectivity index is 2.53. The van der Waals surface area contributed by atoms with Crippen LogP contribution in [0.15, 0.2) is 0 Å². The van der Waals surface area contributed by atoms with E-state index in [-0.39, 0.29) is 0 Å². The second-order valence-corrected chi connectivity index (χ2v) is 5.36. The van der Waals surface area contributed by atoms with E-state index in [1.807, 2.05) is 0 Å². The van der Waals surface area contributed by atoms with Crippen molar-refractivity contribution in [1.29, 1.82) is 0 Å². The molecule has 1 rings (SSSR count). The molecular weight excluding hydrogens is 164 g/mol. The fourth-order valence-corrected chi connectivity index (χ4v) is 2.10. The summed E-state index contributed by atoms with van der Waals surface area (Å²) in [6, 6.07) is 0. The maximum absolute atomic E-state index is 10.6. The van der Waals surface area contributed by atoms with Crippen molar-refractivity contribution in [3.63, 3.8) is 0 Å². The van der Waals surface area contributed by atoms with Crippen LogP contribution in [-0.4, -0.2) is 17.0 Å². The first-order valence-electron chi connectivity index (χ1n) is 5.06. The van der Waals surface area contributed by atoms with Gasteiger partial charge in [-0.2, -0.15) is 0 Å². The average molecular weight is 184 g/mol. The van der Waals surface area contributed by atoms with Crippen molar-refractivity contribution < 1.29 is 9.90 Å². The zero-order valence-electron chi connectivity index (χ0n) is 8.84. The molecule has 0 aromatic heterocycles. The van der Waals surface area contributed by atoms with Gasteiger partial charge < -0.3 is 9.90 Å². The fraction of sp³-hybridized carbons (Fsp3) is 0.909. The smallest absolute Gasteiger partial charge is 0.151 e. The van der Waals surface area contributed by atoms with Crippen LogP contribution >= 0.6 is 0 Å². The molecule has 0 heterocycles. The molecule has 0 radical (unpaired) electrons. The first-order chi connectivity index (χ1) is 5.87. The molecule has 0 aromatic rings. The standard InChI is InChI=1S/C11H20O2/c1-10(2,3)9-4-6-11(13,8-12)7-5-9/h8-9,13H,4-7H2,1-3H3. The summed E-state index contributed by atoms with van der Waals surface area (Å²) in [5.41, 5.74) is -0.702. The van der Waals surface area contributed by atoms with Crippen LogP contribution in [-0.2, 0) is 4.79 Å². The molecule has 1 saturated carbocycles. The molecule has 0 aliphatic heterocycles. The molecule has 76 valence electrons. The minimum Gasteiger partial charge on any atom is -0.382 e. The van der Waals surface area contributed by atoms with Crippen LogP contribution < -0.4 is 0 Å². The third-order valence-electron chi connectivity index (χ3n) is 3.30. The van der Waals surface area contributed by atoms with E-state index in [2.05, 4.69) is 20.8 Å². The van der Waals surface area contributed by atoms with Gasteiger partial charge in [-0.25, -0.2) is 0 Å². The van der Waals surface area contributed by atoms with E-state index in [1.165, 1.54) is 0 Å². The first kappa shape index (κ1) is 10.7. The van der Waals surface area contributed by atoms with Gasteiger partial charge in [0.25, 0.3) is 0 Å². The van der Waals surface area contributed by atoms with Crippen LogP contribution in [0.3, 0.4) is 0 Å². The quantitative estimate of drug-likeness (QED) is 0.634. The monoisotopic (exact) mass is 184 g/mol. The highest BCUT2D eigenvalue weighted by molar-refractivity contribution is 5.62. The molecule has 1 aliphatic rings. The predicted molar refractivity (Wildman–Crippen MR) is 52.4 cm³/mol. The summed E-state index contributed by atoms with van der Waals surface area (Å²) in [6.45, 7) is 6.68. The van der Waals surface area contributed by atoms with Crippen molar-refractivity contribution in [3.8, 4) is 0 Å². The Hall–Kier alpha value is -0.370. The van der Waals surface area contributed by atoms with E-state index in [4.69, 9.17) is 0 Å². The van der Waals surface area contributed by atoms with Crippen molar-refractivity contribution in [1.82, 2.24) is 0 Å². The van der Waals surface area contributed by atoms with Crippen LogP contribution in [0, 0.1) is 11.3 Å². The predicted octanol–water partition coefficient (Wildman–Crippen LogP) is 2.15. The molecule has 1 N–H and O–H groups in total. The molecule has 13 heavy (non-hydrogen) atoms. The van der Waals surface area contributed by atoms with Gasteiger partial charge in [-0.05, 0) is 37.0 Å². The molecule has 0 aromatic carbocycles. The van der Waals surface area contributed by atoms with Gasteiger partial charge in [0.05, 0.1) is 0 Å². The normalized spacial score (nSPS) is 35.8. The molecule has 1 aliphatic carbocycles. The Bertz CT molecular complexity index is 183. The topological polar surface area (TPSA) is 37.3 Å². The lowest BCUT2D eigenvalue weighted by Gasteiger charge is -2.38. The number of aldehydes is 1. The molecule has 0 unspecified atom stereocenters. The summed E-state index contributed by atoms with van der Waals surface area (Å²) >= 11 is 0. The van der Waals surface area contributed by atoms with Gasteiger partial charge in [-0.15, -0.1) is 0 Å². The highest BCUT2D eigenvalue weighted by atomic mass is 16.3. The zero-order chi connectivity index (χ0) is 10.1. The first-order valence-corrected chi connectivity index (χ1v) is 5.06. The maximum atomic E-state index is 10.6. The number of rotatable bonds is 1. The highest BCUT2D eigenvalue weighted by Crippen LogP contribution is 2.40.